The van der Waals surface area contributed by atoms with Gasteiger partial charge in [0.15, 0.2) is 0 Å². The Morgan fingerprint density at radius 2 is 1.73 bits per heavy atom. The quantitative estimate of drug-likeness (QED) is 0.442. The van der Waals surface area contributed by atoms with Crippen molar-refractivity contribution in [3.05, 3.63) is 95.3 Å². The molecule has 5 nitrogen and oxygen atoms in total. The van der Waals surface area contributed by atoms with E-state index in [1.165, 1.54) is 23.9 Å². The summed E-state index contributed by atoms with van der Waals surface area (Å²) in [4.78, 5) is 28.0. The molecule has 2 N–H and O–H groups in total. The first-order valence-electron chi connectivity index (χ1n) is 10.6. The number of nitrogens with zero attached hydrogens (tertiary/aromatic N) is 1. The van der Waals surface area contributed by atoms with Crippen molar-refractivity contribution in [1.82, 2.24) is 10.2 Å². The Bertz CT molecular complexity index is 1100. The zero-order valence-corrected chi connectivity index (χ0v) is 19.8. The van der Waals surface area contributed by atoms with Gasteiger partial charge in [-0.05, 0) is 63.0 Å². The maximum absolute atomic E-state index is 13.7. The zero-order valence-electron chi connectivity index (χ0n) is 19.0. The van der Waals surface area contributed by atoms with Crippen LogP contribution in [0, 0.1) is 12.7 Å². The molecule has 0 bridgehead atoms. The number of amides is 2. The van der Waals surface area contributed by atoms with Gasteiger partial charge < -0.3 is 15.5 Å². The molecule has 3 aromatic rings. The zero-order chi connectivity index (χ0) is 23.8. The number of benzene rings is 3. The van der Waals surface area contributed by atoms with Gasteiger partial charge in [0, 0.05) is 17.1 Å². The first kappa shape index (κ1) is 24.5. The number of anilines is 1. The molecule has 0 saturated heterocycles. The highest BCUT2D eigenvalue weighted by molar-refractivity contribution is 8.00. The second-order valence-electron chi connectivity index (χ2n) is 7.94. The van der Waals surface area contributed by atoms with Gasteiger partial charge in [-0.25, -0.2) is 4.39 Å². The molecule has 0 aliphatic heterocycles. The third-order valence-corrected chi connectivity index (χ3v) is 6.21. The molecule has 7 heteroatoms. The number of hydrogen-bond donors (Lipinski definition) is 2. The standard InChI is InChI=1S/C26H28FN3O2S/c1-18-11-13-21(14-12-18)29-25(31)17-33-24-10-5-4-9-22(24)26(32)28-16-23(30(2)3)19-7-6-8-20(27)15-19/h4-15,23H,16-17H2,1-3H3,(H,28,32)(H,29,31). The monoisotopic (exact) mass is 465 g/mol. The lowest BCUT2D eigenvalue weighted by Crippen LogP contribution is -2.34. The molecule has 0 aliphatic rings. The van der Waals surface area contributed by atoms with Crippen molar-refractivity contribution in [2.24, 2.45) is 0 Å². The fraction of sp³-hybridized carbons (Fsp3) is 0.231. The molecule has 0 heterocycles. The first-order valence-corrected chi connectivity index (χ1v) is 11.6. The summed E-state index contributed by atoms with van der Waals surface area (Å²) in [6.45, 7) is 2.31. The highest BCUT2D eigenvalue weighted by atomic mass is 32.2. The Morgan fingerprint density at radius 3 is 2.42 bits per heavy atom. The normalized spacial score (nSPS) is 11.8. The van der Waals surface area contributed by atoms with Crippen LogP contribution in [0.4, 0.5) is 10.1 Å². The summed E-state index contributed by atoms with van der Waals surface area (Å²) in [6.07, 6.45) is 0. The summed E-state index contributed by atoms with van der Waals surface area (Å²) in [5, 5.41) is 5.82. The molecule has 3 aromatic carbocycles. The van der Waals surface area contributed by atoms with Crippen LogP contribution in [0.15, 0.2) is 77.7 Å². The maximum atomic E-state index is 13.7. The Hall–Kier alpha value is -3.16. The number of nitrogens with one attached hydrogen (secondary N) is 2. The van der Waals surface area contributed by atoms with Gasteiger partial charge in [0.25, 0.3) is 5.91 Å². The van der Waals surface area contributed by atoms with Crippen molar-refractivity contribution in [2.75, 3.05) is 31.7 Å². The van der Waals surface area contributed by atoms with Crippen molar-refractivity contribution >= 4 is 29.3 Å². The molecule has 0 fully saturated rings. The molecule has 2 amide bonds. The van der Waals surface area contributed by atoms with Crippen LogP contribution in [0.25, 0.3) is 0 Å². The molecule has 1 atom stereocenters. The predicted molar refractivity (Wildman–Crippen MR) is 132 cm³/mol. The molecule has 172 valence electrons. The van der Waals surface area contributed by atoms with E-state index in [-0.39, 0.29) is 29.4 Å². The van der Waals surface area contributed by atoms with E-state index >= 15 is 0 Å². The van der Waals surface area contributed by atoms with Crippen LogP contribution in [0.2, 0.25) is 0 Å². The van der Waals surface area contributed by atoms with E-state index in [2.05, 4.69) is 10.6 Å². The Labute approximate surface area is 198 Å². The third kappa shape index (κ3) is 7.17. The van der Waals surface area contributed by atoms with Crippen LogP contribution in [0.1, 0.15) is 27.5 Å². The van der Waals surface area contributed by atoms with Gasteiger partial charge in [0.2, 0.25) is 5.91 Å². The van der Waals surface area contributed by atoms with Gasteiger partial charge >= 0.3 is 0 Å². The molecule has 0 aliphatic carbocycles. The highest BCUT2D eigenvalue weighted by Gasteiger charge is 2.18. The van der Waals surface area contributed by atoms with Gasteiger partial charge in [0.05, 0.1) is 17.4 Å². The minimum absolute atomic E-state index is 0.141. The van der Waals surface area contributed by atoms with E-state index < -0.39 is 0 Å². The molecule has 1 unspecified atom stereocenters. The van der Waals surface area contributed by atoms with Crippen molar-refractivity contribution in [3.8, 4) is 0 Å². The van der Waals surface area contributed by atoms with Crippen LogP contribution >= 0.6 is 11.8 Å². The lowest BCUT2D eigenvalue weighted by molar-refractivity contribution is -0.113. The lowest BCUT2D eigenvalue weighted by Gasteiger charge is -2.25. The molecule has 0 aromatic heterocycles. The predicted octanol–water partition coefficient (Wildman–Crippen LogP) is 4.90. The summed E-state index contributed by atoms with van der Waals surface area (Å²) < 4.78 is 13.7. The topological polar surface area (TPSA) is 61.4 Å². The Kier molecular flexibility index (Phi) is 8.63. The van der Waals surface area contributed by atoms with Gasteiger partial charge in [-0.3, -0.25) is 9.59 Å². The van der Waals surface area contributed by atoms with Crippen molar-refractivity contribution < 1.29 is 14.0 Å². The highest BCUT2D eigenvalue weighted by Crippen LogP contribution is 2.24. The molecule has 0 saturated carbocycles. The number of aryl methyl sites for hydroxylation is 1. The van der Waals surface area contributed by atoms with E-state index in [0.29, 0.717) is 12.1 Å². The number of thioether (sulfide) groups is 1. The van der Waals surface area contributed by atoms with E-state index in [0.717, 1.165) is 21.7 Å². The molecule has 3 rings (SSSR count). The summed E-state index contributed by atoms with van der Waals surface area (Å²) in [5.41, 5.74) is 3.15. The third-order valence-electron chi connectivity index (χ3n) is 5.14. The molecule has 0 radical (unpaired) electrons. The van der Waals surface area contributed by atoms with Crippen LogP contribution in [-0.2, 0) is 4.79 Å². The number of carbonyl (C=O) groups excluding carboxylic acids is 2. The van der Waals surface area contributed by atoms with Crippen LogP contribution in [0.3, 0.4) is 0 Å². The Morgan fingerprint density at radius 1 is 1.00 bits per heavy atom. The van der Waals surface area contributed by atoms with Crippen molar-refractivity contribution in [2.45, 2.75) is 17.9 Å². The minimum atomic E-state index is -0.309. The van der Waals surface area contributed by atoms with Crippen LogP contribution in [0.5, 0.6) is 0 Å². The van der Waals surface area contributed by atoms with E-state index in [1.807, 2.05) is 68.4 Å². The van der Waals surface area contributed by atoms with Gasteiger partial charge in [-0.2, -0.15) is 0 Å². The summed E-state index contributed by atoms with van der Waals surface area (Å²) in [5.74, 6) is -0.503. The fourth-order valence-corrected chi connectivity index (χ4v) is 4.20. The van der Waals surface area contributed by atoms with Crippen LogP contribution < -0.4 is 10.6 Å². The Balaban J connectivity index is 1.62. The van der Waals surface area contributed by atoms with Gasteiger partial charge in [-0.15, -0.1) is 11.8 Å². The lowest BCUT2D eigenvalue weighted by atomic mass is 10.1. The summed E-state index contributed by atoms with van der Waals surface area (Å²) in [7, 11) is 3.77. The van der Waals surface area contributed by atoms with Crippen molar-refractivity contribution in [3.63, 3.8) is 0 Å². The smallest absolute Gasteiger partial charge is 0.252 e. The number of rotatable bonds is 9. The van der Waals surface area contributed by atoms with E-state index in [9.17, 15) is 14.0 Å². The van der Waals surface area contributed by atoms with Gasteiger partial charge in [0.1, 0.15) is 5.82 Å². The molecular formula is C26H28FN3O2S. The van der Waals surface area contributed by atoms with Gasteiger partial charge in [-0.1, -0.05) is 42.0 Å². The maximum Gasteiger partial charge on any atom is 0.252 e. The number of hydrogen-bond acceptors (Lipinski definition) is 4. The van der Waals surface area contributed by atoms with Crippen molar-refractivity contribution in [1.29, 1.82) is 0 Å². The van der Waals surface area contributed by atoms with E-state index in [4.69, 9.17) is 0 Å². The fourth-order valence-electron chi connectivity index (χ4n) is 3.35. The number of carbonyl (C=O) groups is 2. The second-order valence-corrected chi connectivity index (χ2v) is 8.96. The van der Waals surface area contributed by atoms with Crippen LogP contribution in [-0.4, -0.2) is 43.1 Å². The average Bonchev–Trinajstić information content (AvgIpc) is 2.79. The first-order chi connectivity index (χ1) is 15.8. The second kappa shape index (κ2) is 11.6. The van der Waals surface area contributed by atoms with E-state index in [1.54, 1.807) is 18.2 Å². The summed E-state index contributed by atoms with van der Waals surface area (Å²) >= 11 is 1.31. The number of halogens is 1. The SMILES string of the molecule is Cc1ccc(NC(=O)CSc2ccccc2C(=O)NCC(c2cccc(F)c2)N(C)C)cc1. The molecular weight excluding hydrogens is 437 g/mol. The molecule has 33 heavy (non-hydrogen) atoms. The number of likely N-dealkylation sites (N-methyl/N-ethyl adjacent to an activating group) is 1. The summed E-state index contributed by atoms with van der Waals surface area (Å²) in [6, 6.07) is 21.0. The molecule has 0 spiro atoms. The largest absolute Gasteiger partial charge is 0.350 e. The minimum Gasteiger partial charge on any atom is -0.350 e. The average molecular weight is 466 g/mol.